The highest BCUT2D eigenvalue weighted by molar-refractivity contribution is 5.71. The Balaban J connectivity index is 1.86. The summed E-state index contributed by atoms with van der Waals surface area (Å²) in [5.74, 6) is 2.55. The van der Waals surface area contributed by atoms with Gasteiger partial charge in [-0.05, 0) is 48.9 Å². The van der Waals surface area contributed by atoms with E-state index in [2.05, 4.69) is 23.5 Å². The molecule has 0 unspecified atom stereocenters. The van der Waals surface area contributed by atoms with Crippen molar-refractivity contribution in [1.82, 2.24) is 5.32 Å². The van der Waals surface area contributed by atoms with Gasteiger partial charge in [0.05, 0.1) is 7.11 Å². The summed E-state index contributed by atoms with van der Waals surface area (Å²) in [5.41, 5.74) is 2.52. The van der Waals surface area contributed by atoms with E-state index in [4.69, 9.17) is 9.47 Å². The van der Waals surface area contributed by atoms with Crippen LogP contribution in [0.4, 0.5) is 0 Å². The molecule has 0 aromatic heterocycles. The summed E-state index contributed by atoms with van der Waals surface area (Å²) in [4.78, 5) is 0. The lowest BCUT2D eigenvalue weighted by Crippen LogP contribution is -2.20. The molecule has 0 atom stereocenters. The third-order valence-electron chi connectivity index (χ3n) is 3.58. The van der Waals surface area contributed by atoms with E-state index < -0.39 is 0 Å². The van der Waals surface area contributed by atoms with Crippen molar-refractivity contribution in [3.05, 3.63) is 60.2 Å². The molecule has 1 N–H and O–H groups in total. The van der Waals surface area contributed by atoms with E-state index in [1.54, 1.807) is 7.11 Å². The van der Waals surface area contributed by atoms with Crippen molar-refractivity contribution < 1.29 is 9.47 Å². The Morgan fingerprint density at radius 1 is 0.952 bits per heavy atom. The molecule has 0 saturated carbocycles. The Morgan fingerprint density at radius 2 is 1.71 bits per heavy atom. The minimum Gasteiger partial charge on any atom is -0.497 e. The highest BCUT2D eigenvalue weighted by atomic mass is 16.5. The second kappa shape index (κ2) is 6.46. The van der Waals surface area contributed by atoms with Gasteiger partial charge in [0.2, 0.25) is 0 Å². The molecule has 0 bridgehead atoms. The number of rotatable bonds is 4. The van der Waals surface area contributed by atoms with Gasteiger partial charge in [0, 0.05) is 12.1 Å². The zero-order valence-electron chi connectivity index (χ0n) is 12.1. The van der Waals surface area contributed by atoms with E-state index in [1.807, 2.05) is 36.4 Å². The molecule has 0 saturated heterocycles. The quantitative estimate of drug-likeness (QED) is 0.923. The lowest BCUT2D eigenvalue weighted by atomic mass is 9.99. The van der Waals surface area contributed by atoms with E-state index in [9.17, 15) is 0 Å². The second-order valence-corrected chi connectivity index (χ2v) is 4.96. The van der Waals surface area contributed by atoms with Crippen LogP contribution < -0.4 is 14.8 Å². The van der Waals surface area contributed by atoms with Gasteiger partial charge in [-0.2, -0.15) is 0 Å². The van der Waals surface area contributed by atoms with Gasteiger partial charge in [-0.15, -0.1) is 0 Å². The Morgan fingerprint density at radius 3 is 2.43 bits per heavy atom. The summed E-state index contributed by atoms with van der Waals surface area (Å²) in [6.07, 6.45) is 3.27. The molecule has 0 radical (unpaired) electrons. The molecule has 3 rings (SSSR count). The molecule has 0 fully saturated rings. The molecule has 3 heteroatoms. The number of para-hydroxylation sites is 1. The zero-order chi connectivity index (χ0) is 14.5. The first-order chi connectivity index (χ1) is 10.4. The molecular formula is C18H19NO2. The van der Waals surface area contributed by atoms with E-state index >= 15 is 0 Å². The average Bonchev–Trinajstić information content (AvgIpc) is 2.57. The molecule has 3 nitrogen and oxygen atoms in total. The summed E-state index contributed by atoms with van der Waals surface area (Å²) in [6, 6.07) is 15.9. The van der Waals surface area contributed by atoms with E-state index in [1.165, 1.54) is 11.1 Å². The van der Waals surface area contributed by atoms with Gasteiger partial charge >= 0.3 is 0 Å². The normalized spacial score (nSPS) is 14.4. The lowest BCUT2D eigenvalue weighted by molar-refractivity contribution is 0.413. The smallest absolute Gasteiger partial charge is 0.134 e. The maximum absolute atomic E-state index is 6.05. The van der Waals surface area contributed by atoms with Crippen molar-refractivity contribution in [3.63, 3.8) is 0 Å². The summed E-state index contributed by atoms with van der Waals surface area (Å²) in [7, 11) is 1.66. The van der Waals surface area contributed by atoms with Gasteiger partial charge in [-0.1, -0.05) is 24.3 Å². The maximum atomic E-state index is 6.05. The van der Waals surface area contributed by atoms with Gasteiger partial charge in [-0.25, -0.2) is 0 Å². The van der Waals surface area contributed by atoms with Crippen molar-refractivity contribution in [1.29, 1.82) is 0 Å². The van der Waals surface area contributed by atoms with E-state index in [0.717, 1.165) is 36.8 Å². The molecule has 0 amide bonds. The topological polar surface area (TPSA) is 30.5 Å². The number of nitrogens with one attached hydrogen (secondary N) is 1. The summed E-state index contributed by atoms with van der Waals surface area (Å²) >= 11 is 0. The molecule has 1 aliphatic rings. The number of hydrogen-bond donors (Lipinski definition) is 1. The van der Waals surface area contributed by atoms with Crippen LogP contribution in [0, 0.1) is 0 Å². The molecule has 0 aliphatic carbocycles. The third kappa shape index (κ3) is 3.26. The predicted octanol–water partition coefficient (Wildman–Crippen LogP) is 3.86. The van der Waals surface area contributed by atoms with Crippen LogP contribution in [0.25, 0.3) is 5.57 Å². The fourth-order valence-electron chi connectivity index (χ4n) is 2.46. The Bertz CT molecular complexity index is 632. The minimum absolute atomic E-state index is 0.817. The fourth-order valence-corrected chi connectivity index (χ4v) is 2.46. The zero-order valence-corrected chi connectivity index (χ0v) is 12.1. The van der Waals surface area contributed by atoms with Crippen LogP contribution in [0.5, 0.6) is 17.2 Å². The van der Waals surface area contributed by atoms with Crippen LogP contribution >= 0.6 is 0 Å². The fraction of sp³-hybridized carbons (Fsp3) is 0.222. The average molecular weight is 281 g/mol. The molecule has 1 aliphatic heterocycles. The van der Waals surface area contributed by atoms with E-state index in [-0.39, 0.29) is 0 Å². The molecule has 1 heterocycles. The second-order valence-electron chi connectivity index (χ2n) is 4.96. The van der Waals surface area contributed by atoms with Crippen molar-refractivity contribution in [2.24, 2.45) is 0 Å². The molecule has 2 aromatic carbocycles. The molecule has 2 aromatic rings. The Hall–Kier alpha value is -2.26. The summed E-state index contributed by atoms with van der Waals surface area (Å²) in [6.45, 7) is 1.94. The highest BCUT2D eigenvalue weighted by Crippen LogP contribution is 2.32. The van der Waals surface area contributed by atoms with Crippen molar-refractivity contribution >= 4 is 5.57 Å². The van der Waals surface area contributed by atoms with Crippen LogP contribution in [0.15, 0.2) is 54.6 Å². The van der Waals surface area contributed by atoms with Gasteiger partial charge in [0.15, 0.2) is 0 Å². The first kappa shape index (κ1) is 13.7. The van der Waals surface area contributed by atoms with Gasteiger partial charge in [0.25, 0.3) is 0 Å². The Labute approximate surface area is 125 Å². The highest BCUT2D eigenvalue weighted by Gasteiger charge is 2.11. The van der Waals surface area contributed by atoms with Crippen LogP contribution in [0.3, 0.4) is 0 Å². The molecule has 108 valence electrons. The number of benzene rings is 2. The summed E-state index contributed by atoms with van der Waals surface area (Å²) in [5, 5.41) is 3.34. The van der Waals surface area contributed by atoms with Gasteiger partial charge in [-0.3, -0.25) is 0 Å². The third-order valence-corrected chi connectivity index (χ3v) is 3.58. The standard InChI is InChI=1S/C18H19NO2/c1-20-15-6-8-16(9-7-15)21-18-5-3-2-4-17(18)14-10-12-19-13-11-14/h2-10,19H,11-13H2,1H3. The monoisotopic (exact) mass is 281 g/mol. The first-order valence-corrected chi connectivity index (χ1v) is 7.18. The van der Waals surface area contributed by atoms with Crippen LogP contribution in [0.2, 0.25) is 0 Å². The van der Waals surface area contributed by atoms with Crippen molar-refractivity contribution in [2.75, 3.05) is 20.2 Å². The Kier molecular flexibility index (Phi) is 4.22. The number of methoxy groups -OCH3 is 1. The van der Waals surface area contributed by atoms with E-state index in [0.29, 0.717) is 0 Å². The van der Waals surface area contributed by atoms with Crippen molar-refractivity contribution in [3.8, 4) is 17.2 Å². The minimum atomic E-state index is 0.817. The molecule has 21 heavy (non-hydrogen) atoms. The largest absolute Gasteiger partial charge is 0.497 e. The molecule has 0 spiro atoms. The molecular weight excluding hydrogens is 262 g/mol. The number of hydrogen-bond acceptors (Lipinski definition) is 3. The van der Waals surface area contributed by atoms with Crippen LogP contribution in [0.1, 0.15) is 12.0 Å². The summed E-state index contributed by atoms with van der Waals surface area (Å²) < 4.78 is 11.2. The lowest BCUT2D eigenvalue weighted by Gasteiger charge is -2.17. The number of ether oxygens (including phenoxy) is 2. The van der Waals surface area contributed by atoms with Crippen molar-refractivity contribution in [2.45, 2.75) is 6.42 Å². The SMILES string of the molecule is COc1ccc(Oc2ccccc2C2=CCNCC2)cc1. The van der Waals surface area contributed by atoms with Gasteiger partial charge in [0.1, 0.15) is 17.2 Å². The predicted molar refractivity (Wildman–Crippen MR) is 85.0 cm³/mol. The van der Waals surface area contributed by atoms with Crippen LogP contribution in [-0.2, 0) is 0 Å². The maximum Gasteiger partial charge on any atom is 0.134 e. The van der Waals surface area contributed by atoms with Gasteiger partial charge < -0.3 is 14.8 Å². The van der Waals surface area contributed by atoms with Crippen LogP contribution in [-0.4, -0.2) is 20.2 Å². The first-order valence-electron chi connectivity index (χ1n) is 7.18.